The van der Waals surface area contributed by atoms with Gasteiger partial charge in [-0.15, -0.1) is 11.3 Å². The zero-order chi connectivity index (χ0) is 16.7. The third kappa shape index (κ3) is 2.78. The highest BCUT2D eigenvalue weighted by atomic mass is 35.5. The number of carbonyl (C=O) groups is 1. The van der Waals surface area contributed by atoms with E-state index in [1.807, 2.05) is 0 Å². The third-order valence-electron chi connectivity index (χ3n) is 3.27. The Morgan fingerprint density at radius 1 is 1.26 bits per heavy atom. The summed E-state index contributed by atoms with van der Waals surface area (Å²) in [5.41, 5.74) is -0.628. The summed E-state index contributed by atoms with van der Waals surface area (Å²) in [4.78, 5) is 37.7. The molecule has 0 saturated heterocycles. The number of carboxylic acids is 1. The molecule has 6 nitrogen and oxygen atoms in total. The number of thiophene rings is 1. The molecule has 2 N–H and O–H groups in total. The Balaban J connectivity index is 2.16. The largest absolute Gasteiger partial charge is 0.478 e. The van der Waals surface area contributed by atoms with E-state index in [4.69, 9.17) is 28.3 Å². The van der Waals surface area contributed by atoms with E-state index < -0.39 is 17.2 Å². The summed E-state index contributed by atoms with van der Waals surface area (Å²) >= 11 is 13.0. The topological polar surface area (TPSA) is 92.2 Å². The van der Waals surface area contributed by atoms with E-state index in [0.717, 1.165) is 0 Å². The van der Waals surface area contributed by atoms with Crippen molar-refractivity contribution in [1.82, 2.24) is 9.55 Å². The van der Waals surface area contributed by atoms with Crippen LogP contribution in [0.2, 0.25) is 10.0 Å². The molecule has 3 aromatic rings. The lowest BCUT2D eigenvalue weighted by atomic mass is 10.1. The first-order valence-electron chi connectivity index (χ1n) is 6.30. The van der Waals surface area contributed by atoms with Crippen molar-refractivity contribution in [2.24, 2.45) is 0 Å². The van der Waals surface area contributed by atoms with E-state index in [0.29, 0.717) is 10.4 Å². The number of fused-ring (bicyclic) bond motifs is 1. The van der Waals surface area contributed by atoms with Crippen molar-refractivity contribution in [1.29, 1.82) is 0 Å². The number of benzene rings is 1. The minimum atomic E-state index is -1.16. The van der Waals surface area contributed by atoms with Gasteiger partial charge in [-0.2, -0.15) is 0 Å². The van der Waals surface area contributed by atoms with Gasteiger partial charge in [0.25, 0.3) is 5.56 Å². The lowest BCUT2D eigenvalue weighted by Crippen LogP contribution is -2.30. The first kappa shape index (κ1) is 15.8. The molecule has 9 heteroatoms. The summed E-state index contributed by atoms with van der Waals surface area (Å²) in [7, 11) is 0. The van der Waals surface area contributed by atoms with E-state index in [9.17, 15) is 14.4 Å². The molecule has 0 spiro atoms. The van der Waals surface area contributed by atoms with E-state index in [2.05, 4.69) is 4.98 Å². The molecule has 0 atom stereocenters. The Kier molecular flexibility index (Phi) is 4.01. The van der Waals surface area contributed by atoms with Gasteiger partial charge in [-0.3, -0.25) is 14.3 Å². The number of nitrogens with one attached hydrogen (secondary N) is 1. The normalized spacial score (nSPS) is 11.0. The van der Waals surface area contributed by atoms with E-state index in [1.165, 1.54) is 28.0 Å². The van der Waals surface area contributed by atoms with Crippen molar-refractivity contribution in [3.05, 3.63) is 65.6 Å². The average molecular weight is 371 g/mol. The van der Waals surface area contributed by atoms with Gasteiger partial charge in [0.05, 0.1) is 27.5 Å². The van der Waals surface area contributed by atoms with Crippen molar-refractivity contribution in [3.63, 3.8) is 0 Å². The Morgan fingerprint density at radius 3 is 2.70 bits per heavy atom. The Bertz CT molecular complexity index is 1050. The average Bonchev–Trinajstić information content (AvgIpc) is 2.87. The number of aromatic carboxylic acids is 1. The summed E-state index contributed by atoms with van der Waals surface area (Å²) in [5, 5.41) is 11.3. The number of hydrogen-bond donors (Lipinski definition) is 2. The lowest BCUT2D eigenvalue weighted by Gasteiger charge is -2.08. The second-order valence-corrected chi connectivity index (χ2v) is 6.40. The zero-order valence-electron chi connectivity index (χ0n) is 11.3. The quantitative estimate of drug-likeness (QED) is 0.741. The van der Waals surface area contributed by atoms with Crippen LogP contribution >= 0.6 is 34.5 Å². The highest BCUT2D eigenvalue weighted by molar-refractivity contribution is 7.17. The van der Waals surface area contributed by atoms with Crippen LogP contribution in [0.15, 0.2) is 33.2 Å². The van der Waals surface area contributed by atoms with Crippen molar-refractivity contribution < 1.29 is 9.90 Å². The fraction of sp³-hybridized carbons (Fsp3) is 0.0714. The molecule has 0 bridgehead atoms. The SMILES string of the molecule is O=C(O)c1cc(Cn2c(=O)[nH]c(=O)c3c(Cl)csc32)ccc1Cl. The van der Waals surface area contributed by atoms with Crippen LogP contribution in [0.1, 0.15) is 15.9 Å². The molecule has 2 heterocycles. The molecule has 118 valence electrons. The minimum absolute atomic E-state index is 0.0536. The first-order valence-corrected chi connectivity index (χ1v) is 7.93. The second-order valence-electron chi connectivity index (χ2n) is 4.73. The Morgan fingerprint density at radius 2 is 2.00 bits per heavy atom. The smallest absolute Gasteiger partial charge is 0.337 e. The van der Waals surface area contributed by atoms with Crippen molar-refractivity contribution in [3.8, 4) is 0 Å². The summed E-state index contributed by atoms with van der Waals surface area (Å²) in [5.74, 6) is -1.16. The molecule has 2 aromatic heterocycles. The van der Waals surface area contributed by atoms with Gasteiger partial charge in [0.15, 0.2) is 0 Å². The molecule has 3 rings (SSSR count). The molecule has 0 unspecified atom stereocenters. The van der Waals surface area contributed by atoms with Gasteiger partial charge in [0.2, 0.25) is 0 Å². The highest BCUT2D eigenvalue weighted by Crippen LogP contribution is 2.26. The number of carboxylic acid groups (broad SMARTS) is 1. The molecule has 0 aliphatic carbocycles. The van der Waals surface area contributed by atoms with E-state index in [-0.39, 0.29) is 27.5 Å². The third-order valence-corrected chi connectivity index (χ3v) is 5.02. The maximum atomic E-state index is 12.1. The van der Waals surface area contributed by atoms with Gasteiger partial charge in [0.1, 0.15) is 4.83 Å². The predicted octanol–water partition coefficient (Wildman–Crippen LogP) is 2.80. The van der Waals surface area contributed by atoms with Gasteiger partial charge < -0.3 is 5.11 Å². The first-order chi connectivity index (χ1) is 10.9. The van der Waals surface area contributed by atoms with Gasteiger partial charge in [-0.25, -0.2) is 9.59 Å². The standard InChI is InChI=1S/C14H8Cl2N2O4S/c15-8-2-1-6(3-7(8)13(20)21)4-18-12-10(9(16)5-23-12)11(19)17-14(18)22/h1-3,5H,4H2,(H,20,21)(H,17,19,22). The van der Waals surface area contributed by atoms with Crippen LogP contribution in [-0.4, -0.2) is 20.6 Å². The highest BCUT2D eigenvalue weighted by Gasteiger charge is 2.15. The second kappa shape index (κ2) is 5.84. The van der Waals surface area contributed by atoms with Gasteiger partial charge in [0, 0.05) is 5.38 Å². The number of nitrogens with zero attached hydrogens (tertiary/aromatic N) is 1. The molecular weight excluding hydrogens is 363 g/mol. The molecule has 23 heavy (non-hydrogen) atoms. The molecular formula is C14H8Cl2N2O4S. The van der Waals surface area contributed by atoms with E-state index in [1.54, 1.807) is 11.4 Å². The zero-order valence-corrected chi connectivity index (χ0v) is 13.6. The van der Waals surface area contributed by atoms with Crippen molar-refractivity contribution in [2.75, 3.05) is 0 Å². The van der Waals surface area contributed by atoms with Crippen LogP contribution in [0.4, 0.5) is 0 Å². The van der Waals surface area contributed by atoms with Crippen molar-refractivity contribution >= 4 is 50.7 Å². The number of rotatable bonds is 3. The van der Waals surface area contributed by atoms with Crippen LogP contribution in [-0.2, 0) is 6.54 Å². The Hall–Kier alpha value is -2.09. The minimum Gasteiger partial charge on any atom is -0.478 e. The lowest BCUT2D eigenvalue weighted by molar-refractivity contribution is 0.0697. The number of aromatic amines is 1. The molecule has 1 aromatic carbocycles. The summed E-state index contributed by atoms with van der Waals surface area (Å²) in [6.07, 6.45) is 0. The molecule has 0 amide bonds. The molecule has 0 fully saturated rings. The number of halogens is 2. The molecule has 0 aliphatic heterocycles. The van der Waals surface area contributed by atoms with Gasteiger partial charge in [-0.1, -0.05) is 29.3 Å². The van der Waals surface area contributed by atoms with Gasteiger partial charge in [-0.05, 0) is 17.7 Å². The Labute approximate surface area is 142 Å². The molecule has 0 saturated carbocycles. The van der Waals surface area contributed by atoms with Crippen LogP contribution in [0.5, 0.6) is 0 Å². The summed E-state index contributed by atoms with van der Waals surface area (Å²) < 4.78 is 1.34. The fourth-order valence-electron chi connectivity index (χ4n) is 2.21. The number of hydrogen-bond acceptors (Lipinski definition) is 4. The maximum Gasteiger partial charge on any atom is 0.337 e. The van der Waals surface area contributed by atoms with Crippen molar-refractivity contribution in [2.45, 2.75) is 6.54 Å². The number of H-pyrrole nitrogens is 1. The fourth-order valence-corrected chi connectivity index (χ4v) is 3.70. The monoisotopic (exact) mass is 370 g/mol. The van der Waals surface area contributed by atoms with Crippen LogP contribution in [0.25, 0.3) is 10.2 Å². The maximum absolute atomic E-state index is 12.1. The van der Waals surface area contributed by atoms with Crippen LogP contribution in [0, 0.1) is 0 Å². The van der Waals surface area contributed by atoms with Crippen LogP contribution in [0.3, 0.4) is 0 Å². The molecule has 0 aliphatic rings. The molecule has 0 radical (unpaired) electrons. The summed E-state index contributed by atoms with van der Waals surface area (Å²) in [6, 6.07) is 4.46. The van der Waals surface area contributed by atoms with Gasteiger partial charge >= 0.3 is 11.7 Å². The number of aromatic nitrogens is 2. The summed E-state index contributed by atoms with van der Waals surface area (Å²) in [6.45, 7) is 0.0837. The van der Waals surface area contributed by atoms with E-state index >= 15 is 0 Å². The predicted molar refractivity (Wildman–Crippen MR) is 89.2 cm³/mol. The van der Waals surface area contributed by atoms with Crippen LogP contribution < -0.4 is 11.2 Å².